The molecule has 0 aliphatic rings. The molecular formula is C17H20FNO2. The summed E-state index contributed by atoms with van der Waals surface area (Å²) in [6, 6.07) is 10.6. The van der Waals surface area contributed by atoms with Crippen molar-refractivity contribution >= 4 is 0 Å². The van der Waals surface area contributed by atoms with E-state index in [0.717, 1.165) is 22.4 Å². The van der Waals surface area contributed by atoms with Crippen LogP contribution in [0.15, 0.2) is 36.4 Å². The van der Waals surface area contributed by atoms with Crippen molar-refractivity contribution in [2.24, 2.45) is 5.73 Å². The first kappa shape index (κ1) is 15.3. The Hall–Kier alpha value is -2.07. The minimum atomic E-state index is -0.386. The summed E-state index contributed by atoms with van der Waals surface area (Å²) in [5, 5.41) is 0. The summed E-state index contributed by atoms with van der Waals surface area (Å²) in [6.45, 7) is 4.21. The van der Waals surface area contributed by atoms with Crippen LogP contribution in [0.5, 0.6) is 11.5 Å². The summed E-state index contributed by atoms with van der Waals surface area (Å²) in [5.74, 6) is 0.620. The van der Waals surface area contributed by atoms with E-state index < -0.39 is 0 Å². The van der Waals surface area contributed by atoms with Gasteiger partial charge in [-0.3, -0.25) is 0 Å². The Morgan fingerprint density at radius 3 is 2.43 bits per heavy atom. The monoisotopic (exact) mass is 289 g/mol. The summed E-state index contributed by atoms with van der Waals surface area (Å²) in [4.78, 5) is 0. The number of benzene rings is 2. The van der Waals surface area contributed by atoms with E-state index in [-0.39, 0.29) is 17.6 Å². The highest BCUT2D eigenvalue weighted by atomic mass is 19.1. The highest BCUT2D eigenvalue weighted by molar-refractivity contribution is 5.37. The van der Waals surface area contributed by atoms with Crippen LogP contribution in [0.1, 0.15) is 29.7 Å². The third-order valence-electron chi connectivity index (χ3n) is 3.34. The van der Waals surface area contributed by atoms with E-state index in [2.05, 4.69) is 0 Å². The van der Waals surface area contributed by atoms with Crippen LogP contribution in [-0.2, 0) is 6.61 Å². The molecule has 112 valence electrons. The third-order valence-corrected chi connectivity index (χ3v) is 3.34. The number of hydrogen-bond acceptors (Lipinski definition) is 3. The molecule has 0 spiro atoms. The Bertz CT molecular complexity index is 626. The van der Waals surface area contributed by atoms with Gasteiger partial charge in [-0.2, -0.15) is 0 Å². The quantitative estimate of drug-likeness (QED) is 0.912. The van der Waals surface area contributed by atoms with E-state index >= 15 is 0 Å². The maximum absolute atomic E-state index is 13.6. The second-order valence-corrected chi connectivity index (χ2v) is 5.07. The fraction of sp³-hybridized carbons (Fsp3) is 0.294. The van der Waals surface area contributed by atoms with Crippen LogP contribution >= 0.6 is 0 Å². The maximum Gasteiger partial charge on any atom is 0.165 e. The molecule has 0 fully saturated rings. The lowest BCUT2D eigenvalue weighted by molar-refractivity contribution is 0.302. The number of hydrogen-bond donors (Lipinski definition) is 1. The molecule has 0 radical (unpaired) electrons. The zero-order chi connectivity index (χ0) is 15.4. The van der Waals surface area contributed by atoms with Gasteiger partial charge < -0.3 is 15.2 Å². The number of rotatable bonds is 5. The largest absolute Gasteiger partial charge is 0.494 e. The molecule has 1 atom stereocenters. The molecule has 0 saturated carbocycles. The lowest BCUT2D eigenvalue weighted by Crippen LogP contribution is -2.05. The number of aryl methyl sites for hydroxylation is 1. The molecule has 0 amide bonds. The highest BCUT2D eigenvalue weighted by Crippen LogP contribution is 2.24. The van der Waals surface area contributed by atoms with Crippen molar-refractivity contribution in [1.29, 1.82) is 0 Å². The van der Waals surface area contributed by atoms with Crippen LogP contribution in [0, 0.1) is 12.7 Å². The SMILES string of the molecule is COc1ccc(COc2ccc(C(C)N)cc2C)cc1F. The van der Waals surface area contributed by atoms with E-state index in [1.807, 2.05) is 32.0 Å². The summed E-state index contributed by atoms with van der Waals surface area (Å²) in [6.07, 6.45) is 0. The zero-order valence-corrected chi connectivity index (χ0v) is 12.5. The predicted molar refractivity (Wildman–Crippen MR) is 81.1 cm³/mol. The highest BCUT2D eigenvalue weighted by Gasteiger charge is 2.07. The van der Waals surface area contributed by atoms with Gasteiger partial charge in [0.2, 0.25) is 0 Å². The molecule has 2 rings (SSSR count). The van der Waals surface area contributed by atoms with Crippen molar-refractivity contribution in [3.8, 4) is 11.5 Å². The molecular weight excluding hydrogens is 269 g/mol. The van der Waals surface area contributed by atoms with Gasteiger partial charge in [0, 0.05) is 6.04 Å². The molecule has 2 aromatic rings. The molecule has 0 aromatic heterocycles. The standard InChI is InChI=1S/C17H20FNO2/c1-11-8-14(12(2)19)5-7-16(11)21-10-13-4-6-17(20-3)15(18)9-13/h4-9,12H,10,19H2,1-3H3. The fourth-order valence-electron chi connectivity index (χ4n) is 2.08. The third kappa shape index (κ3) is 3.73. The van der Waals surface area contributed by atoms with Gasteiger partial charge in [0.05, 0.1) is 7.11 Å². The average Bonchev–Trinajstić information content (AvgIpc) is 2.46. The molecule has 0 bridgehead atoms. The number of methoxy groups -OCH3 is 1. The van der Waals surface area contributed by atoms with Gasteiger partial charge in [-0.25, -0.2) is 4.39 Å². The van der Waals surface area contributed by atoms with E-state index in [4.69, 9.17) is 15.2 Å². The molecule has 1 unspecified atom stereocenters. The molecule has 0 aliphatic carbocycles. The smallest absolute Gasteiger partial charge is 0.165 e. The maximum atomic E-state index is 13.6. The van der Waals surface area contributed by atoms with Crippen LogP contribution in [0.2, 0.25) is 0 Å². The van der Waals surface area contributed by atoms with Gasteiger partial charge >= 0.3 is 0 Å². The Morgan fingerprint density at radius 1 is 1.14 bits per heavy atom. The van der Waals surface area contributed by atoms with E-state index in [1.165, 1.54) is 13.2 Å². The minimum absolute atomic E-state index is 0.00608. The van der Waals surface area contributed by atoms with Crippen molar-refractivity contribution < 1.29 is 13.9 Å². The van der Waals surface area contributed by atoms with Crippen LogP contribution in [0.25, 0.3) is 0 Å². The zero-order valence-electron chi connectivity index (χ0n) is 12.5. The summed E-state index contributed by atoms with van der Waals surface area (Å²) in [5.41, 5.74) is 8.68. The molecule has 2 aromatic carbocycles. The minimum Gasteiger partial charge on any atom is -0.494 e. The Labute approximate surface area is 124 Å². The second kappa shape index (κ2) is 6.59. The van der Waals surface area contributed by atoms with Crippen molar-refractivity contribution in [2.45, 2.75) is 26.5 Å². The molecule has 0 aliphatic heterocycles. The summed E-state index contributed by atoms with van der Waals surface area (Å²) >= 11 is 0. The van der Waals surface area contributed by atoms with Gasteiger partial charge in [0.1, 0.15) is 12.4 Å². The van der Waals surface area contributed by atoms with Gasteiger partial charge in [-0.05, 0) is 48.7 Å². The van der Waals surface area contributed by atoms with Crippen molar-refractivity contribution in [1.82, 2.24) is 0 Å². The van der Waals surface area contributed by atoms with Crippen molar-refractivity contribution in [2.75, 3.05) is 7.11 Å². The van der Waals surface area contributed by atoms with E-state index in [1.54, 1.807) is 12.1 Å². The molecule has 2 N–H and O–H groups in total. The molecule has 21 heavy (non-hydrogen) atoms. The molecule has 3 nitrogen and oxygen atoms in total. The van der Waals surface area contributed by atoms with Crippen molar-refractivity contribution in [3.63, 3.8) is 0 Å². The van der Waals surface area contributed by atoms with Gasteiger partial charge in [0.15, 0.2) is 11.6 Å². The first-order valence-electron chi connectivity index (χ1n) is 6.82. The van der Waals surface area contributed by atoms with Crippen LogP contribution in [0.4, 0.5) is 4.39 Å². The Morgan fingerprint density at radius 2 is 1.86 bits per heavy atom. The second-order valence-electron chi connectivity index (χ2n) is 5.07. The van der Waals surface area contributed by atoms with E-state index in [0.29, 0.717) is 6.61 Å². The predicted octanol–water partition coefficient (Wildman–Crippen LogP) is 3.74. The molecule has 4 heteroatoms. The molecule has 0 saturated heterocycles. The lowest BCUT2D eigenvalue weighted by atomic mass is 10.1. The Kier molecular flexibility index (Phi) is 4.81. The lowest BCUT2D eigenvalue weighted by Gasteiger charge is -2.13. The summed E-state index contributed by atoms with van der Waals surface area (Å²) < 4.78 is 24.2. The normalized spacial score (nSPS) is 12.0. The number of nitrogens with two attached hydrogens (primary N) is 1. The summed E-state index contributed by atoms with van der Waals surface area (Å²) in [7, 11) is 1.44. The fourth-order valence-corrected chi connectivity index (χ4v) is 2.08. The first-order chi connectivity index (χ1) is 10.0. The average molecular weight is 289 g/mol. The first-order valence-corrected chi connectivity index (χ1v) is 6.82. The van der Waals surface area contributed by atoms with Gasteiger partial charge in [-0.15, -0.1) is 0 Å². The van der Waals surface area contributed by atoms with Gasteiger partial charge in [-0.1, -0.05) is 18.2 Å². The number of ether oxygens (including phenoxy) is 2. The van der Waals surface area contributed by atoms with Crippen LogP contribution in [0.3, 0.4) is 0 Å². The van der Waals surface area contributed by atoms with Crippen LogP contribution in [-0.4, -0.2) is 7.11 Å². The van der Waals surface area contributed by atoms with E-state index in [9.17, 15) is 4.39 Å². The molecule has 0 heterocycles. The van der Waals surface area contributed by atoms with Crippen molar-refractivity contribution in [3.05, 3.63) is 58.9 Å². The topological polar surface area (TPSA) is 44.5 Å². The number of halogens is 1. The van der Waals surface area contributed by atoms with Gasteiger partial charge in [0.25, 0.3) is 0 Å². The Balaban J connectivity index is 2.08. The van der Waals surface area contributed by atoms with Crippen LogP contribution < -0.4 is 15.2 Å².